The third kappa shape index (κ3) is 2.63. The van der Waals surface area contributed by atoms with Gasteiger partial charge in [-0.3, -0.25) is 0 Å². The number of ether oxygens (including phenoxy) is 2. The molecule has 98 valence electrons. The molecule has 0 atom stereocenters. The van der Waals surface area contributed by atoms with E-state index in [-0.39, 0.29) is 0 Å². The van der Waals surface area contributed by atoms with Crippen LogP contribution in [0.3, 0.4) is 0 Å². The van der Waals surface area contributed by atoms with Crippen molar-refractivity contribution in [2.24, 2.45) is 0 Å². The molecule has 0 radical (unpaired) electrons. The maximum Gasteiger partial charge on any atom is 0.169 e. The molecule has 5 heteroatoms. The fourth-order valence-corrected chi connectivity index (χ4v) is 1.66. The van der Waals surface area contributed by atoms with Crippen LogP contribution >= 0.6 is 0 Å². The number of nitrogens with zero attached hydrogens (tertiary/aromatic N) is 2. The molecule has 0 aliphatic heterocycles. The summed E-state index contributed by atoms with van der Waals surface area (Å²) < 4.78 is 10.8. The molecule has 2 aromatic rings. The van der Waals surface area contributed by atoms with Gasteiger partial charge < -0.3 is 15.2 Å². The molecule has 0 fully saturated rings. The minimum Gasteiger partial charge on any atom is -0.493 e. The highest BCUT2D eigenvalue weighted by atomic mass is 16.5. The van der Waals surface area contributed by atoms with E-state index in [1.807, 2.05) is 12.1 Å². The van der Waals surface area contributed by atoms with E-state index >= 15 is 0 Å². The largest absolute Gasteiger partial charge is 0.493 e. The van der Waals surface area contributed by atoms with E-state index < -0.39 is 0 Å². The summed E-state index contributed by atoms with van der Waals surface area (Å²) in [4.78, 5) is 0. The minimum atomic E-state index is 0.330. The van der Waals surface area contributed by atoms with Crippen molar-refractivity contribution in [2.45, 2.75) is 0 Å². The number of rotatable bonds is 3. The standard InChI is InChI=1S/C15H11N3O2/c1-19-15-6-10(8-16)2-4-14(15)20-13-5-3-12(18)7-11(13)9-17/h2-7H,18H2,1H3. The normalized spacial score (nSPS) is 9.35. The minimum absolute atomic E-state index is 0.330. The fourth-order valence-electron chi connectivity index (χ4n) is 1.66. The van der Waals surface area contributed by atoms with Crippen molar-refractivity contribution in [3.8, 4) is 29.4 Å². The van der Waals surface area contributed by atoms with Crippen LogP contribution in [-0.2, 0) is 0 Å². The summed E-state index contributed by atoms with van der Waals surface area (Å²) >= 11 is 0. The van der Waals surface area contributed by atoms with E-state index in [2.05, 4.69) is 0 Å². The van der Waals surface area contributed by atoms with E-state index in [0.717, 1.165) is 0 Å². The van der Waals surface area contributed by atoms with Crippen molar-refractivity contribution < 1.29 is 9.47 Å². The Labute approximate surface area is 116 Å². The number of anilines is 1. The molecule has 5 nitrogen and oxygen atoms in total. The van der Waals surface area contributed by atoms with Gasteiger partial charge in [0.05, 0.1) is 24.3 Å². The van der Waals surface area contributed by atoms with Gasteiger partial charge in [0, 0.05) is 11.8 Å². The number of nitriles is 2. The summed E-state index contributed by atoms with van der Waals surface area (Å²) in [6, 6.07) is 13.6. The molecule has 0 saturated carbocycles. The number of methoxy groups -OCH3 is 1. The van der Waals surface area contributed by atoms with E-state index in [1.54, 1.807) is 30.3 Å². The monoisotopic (exact) mass is 265 g/mol. The van der Waals surface area contributed by atoms with Crippen molar-refractivity contribution in [3.63, 3.8) is 0 Å². The van der Waals surface area contributed by atoms with Crippen LogP contribution in [0.4, 0.5) is 5.69 Å². The SMILES string of the molecule is COc1cc(C#N)ccc1Oc1ccc(N)cc1C#N. The molecule has 0 bridgehead atoms. The van der Waals surface area contributed by atoms with Gasteiger partial charge in [0.25, 0.3) is 0 Å². The first-order valence-electron chi connectivity index (χ1n) is 5.73. The quantitative estimate of drug-likeness (QED) is 0.861. The van der Waals surface area contributed by atoms with Gasteiger partial charge in [-0.1, -0.05) is 0 Å². The first kappa shape index (κ1) is 13.3. The van der Waals surface area contributed by atoms with E-state index in [1.165, 1.54) is 13.2 Å². The van der Waals surface area contributed by atoms with Crippen LogP contribution in [0.2, 0.25) is 0 Å². The maximum atomic E-state index is 9.07. The number of hydrogen-bond acceptors (Lipinski definition) is 5. The number of nitrogen functional groups attached to an aromatic ring is 1. The van der Waals surface area contributed by atoms with Gasteiger partial charge in [-0.25, -0.2) is 0 Å². The van der Waals surface area contributed by atoms with Crippen LogP contribution in [-0.4, -0.2) is 7.11 Å². The number of nitrogens with two attached hydrogens (primary N) is 1. The number of hydrogen-bond donors (Lipinski definition) is 1. The van der Waals surface area contributed by atoms with Crippen LogP contribution in [0.15, 0.2) is 36.4 Å². The van der Waals surface area contributed by atoms with E-state index in [9.17, 15) is 0 Å². The second-order valence-electron chi connectivity index (χ2n) is 3.95. The van der Waals surface area contributed by atoms with Crippen LogP contribution < -0.4 is 15.2 Å². The molecule has 2 rings (SSSR count). The average molecular weight is 265 g/mol. The lowest BCUT2D eigenvalue weighted by Crippen LogP contribution is -1.94. The third-order valence-electron chi connectivity index (χ3n) is 2.64. The lowest BCUT2D eigenvalue weighted by Gasteiger charge is -2.11. The van der Waals surface area contributed by atoms with Gasteiger partial charge in [0.15, 0.2) is 11.5 Å². The highest BCUT2D eigenvalue weighted by molar-refractivity contribution is 5.56. The predicted octanol–water partition coefficient (Wildman–Crippen LogP) is 2.81. The van der Waals surface area contributed by atoms with Crippen molar-refractivity contribution in [3.05, 3.63) is 47.5 Å². The van der Waals surface area contributed by atoms with Gasteiger partial charge in [-0.05, 0) is 30.3 Å². The summed E-state index contributed by atoms with van der Waals surface area (Å²) in [5, 5.41) is 17.9. The van der Waals surface area contributed by atoms with Gasteiger partial charge in [-0.2, -0.15) is 10.5 Å². The van der Waals surface area contributed by atoms with Crippen molar-refractivity contribution in [1.82, 2.24) is 0 Å². The smallest absolute Gasteiger partial charge is 0.169 e. The van der Waals surface area contributed by atoms with Gasteiger partial charge in [0.2, 0.25) is 0 Å². The zero-order valence-corrected chi connectivity index (χ0v) is 10.8. The highest BCUT2D eigenvalue weighted by Gasteiger charge is 2.10. The Morgan fingerprint density at radius 2 is 1.70 bits per heavy atom. The summed E-state index contributed by atoms with van der Waals surface area (Å²) in [6.07, 6.45) is 0. The molecule has 0 aromatic heterocycles. The van der Waals surface area contributed by atoms with Crippen molar-refractivity contribution in [2.75, 3.05) is 12.8 Å². The third-order valence-corrected chi connectivity index (χ3v) is 2.64. The molecule has 0 heterocycles. The Balaban J connectivity index is 2.41. The van der Waals surface area contributed by atoms with Gasteiger partial charge in [0.1, 0.15) is 11.8 Å². The Hall–Kier alpha value is -3.18. The molecule has 0 spiro atoms. The first-order chi connectivity index (χ1) is 9.67. The second-order valence-corrected chi connectivity index (χ2v) is 3.95. The molecule has 0 amide bonds. The molecule has 0 aliphatic carbocycles. The summed E-state index contributed by atoms with van der Waals surface area (Å²) in [5.41, 5.74) is 6.90. The van der Waals surface area contributed by atoms with Crippen molar-refractivity contribution in [1.29, 1.82) is 10.5 Å². The molecule has 20 heavy (non-hydrogen) atoms. The van der Waals surface area contributed by atoms with Crippen LogP contribution in [0.1, 0.15) is 11.1 Å². The topological polar surface area (TPSA) is 92.1 Å². The van der Waals surface area contributed by atoms with Gasteiger partial charge >= 0.3 is 0 Å². The Morgan fingerprint density at radius 1 is 0.950 bits per heavy atom. The molecular weight excluding hydrogens is 254 g/mol. The fraction of sp³-hybridized carbons (Fsp3) is 0.0667. The van der Waals surface area contributed by atoms with Crippen LogP contribution in [0.25, 0.3) is 0 Å². The van der Waals surface area contributed by atoms with Crippen molar-refractivity contribution >= 4 is 5.69 Å². The molecular formula is C15H11N3O2. The van der Waals surface area contributed by atoms with Crippen LogP contribution in [0, 0.1) is 22.7 Å². The number of benzene rings is 2. The highest BCUT2D eigenvalue weighted by Crippen LogP contribution is 2.34. The summed E-state index contributed by atoms with van der Waals surface area (Å²) in [6.45, 7) is 0. The summed E-state index contributed by atoms with van der Waals surface area (Å²) in [5.74, 6) is 1.22. The average Bonchev–Trinajstić information content (AvgIpc) is 2.49. The Morgan fingerprint density at radius 3 is 2.35 bits per heavy atom. The summed E-state index contributed by atoms with van der Waals surface area (Å²) in [7, 11) is 1.48. The second kappa shape index (κ2) is 5.64. The molecule has 2 aromatic carbocycles. The lowest BCUT2D eigenvalue weighted by atomic mass is 10.2. The lowest BCUT2D eigenvalue weighted by molar-refractivity contribution is 0.378. The predicted molar refractivity (Wildman–Crippen MR) is 73.4 cm³/mol. The first-order valence-corrected chi connectivity index (χ1v) is 5.73. The van der Waals surface area contributed by atoms with E-state index in [0.29, 0.717) is 34.1 Å². The maximum absolute atomic E-state index is 9.07. The van der Waals surface area contributed by atoms with Gasteiger partial charge in [-0.15, -0.1) is 0 Å². The molecule has 2 N–H and O–H groups in total. The van der Waals surface area contributed by atoms with Crippen LogP contribution in [0.5, 0.6) is 17.2 Å². The zero-order chi connectivity index (χ0) is 14.5. The molecule has 0 aliphatic rings. The molecule has 0 unspecified atom stereocenters. The Bertz CT molecular complexity index is 727. The Kier molecular flexibility index (Phi) is 3.74. The zero-order valence-electron chi connectivity index (χ0n) is 10.8. The molecule has 0 saturated heterocycles. The van der Waals surface area contributed by atoms with E-state index in [4.69, 9.17) is 25.7 Å².